The van der Waals surface area contributed by atoms with Crippen LogP contribution in [0.5, 0.6) is 0 Å². The molecule has 6 heteroatoms. The normalized spacial score (nSPS) is 22.4. The van der Waals surface area contributed by atoms with Gasteiger partial charge in [-0.25, -0.2) is 4.98 Å². The average molecular weight is 332 g/mol. The summed E-state index contributed by atoms with van der Waals surface area (Å²) in [6, 6.07) is 4.31. The minimum absolute atomic E-state index is 0.0331. The molecule has 0 aliphatic carbocycles. The van der Waals surface area contributed by atoms with Crippen molar-refractivity contribution in [3.63, 3.8) is 0 Å². The lowest BCUT2D eigenvalue weighted by atomic mass is 10.0. The molecule has 2 aliphatic heterocycles. The maximum absolute atomic E-state index is 12.6. The van der Waals surface area contributed by atoms with Crippen LogP contribution in [0.25, 0.3) is 0 Å². The molecule has 2 saturated heterocycles. The Morgan fingerprint density at radius 3 is 2.96 bits per heavy atom. The summed E-state index contributed by atoms with van der Waals surface area (Å²) in [5, 5.41) is 3.07. The highest BCUT2D eigenvalue weighted by Gasteiger charge is 2.21. The molecule has 1 aromatic rings. The zero-order valence-corrected chi connectivity index (χ0v) is 14.5. The number of rotatable bonds is 5. The number of nitrogens with zero attached hydrogens (tertiary/aromatic N) is 3. The van der Waals surface area contributed by atoms with Gasteiger partial charge in [0.15, 0.2) is 0 Å². The molecular formula is C18H28N4O2. The second kappa shape index (κ2) is 8.44. The summed E-state index contributed by atoms with van der Waals surface area (Å²) < 4.78 is 5.39. The Morgan fingerprint density at radius 2 is 2.17 bits per heavy atom. The molecule has 1 atom stereocenters. The Morgan fingerprint density at radius 1 is 1.33 bits per heavy atom. The molecule has 1 amide bonds. The minimum atomic E-state index is -0.0331. The van der Waals surface area contributed by atoms with E-state index >= 15 is 0 Å². The molecule has 3 rings (SSSR count). The van der Waals surface area contributed by atoms with Gasteiger partial charge in [0, 0.05) is 38.4 Å². The zero-order chi connectivity index (χ0) is 16.8. The zero-order valence-electron chi connectivity index (χ0n) is 14.5. The molecule has 24 heavy (non-hydrogen) atoms. The summed E-state index contributed by atoms with van der Waals surface area (Å²) in [6.45, 7) is 7.95. The lowest BCUT2D eigenvalue weighted by molar-refractivity contribution is 0.0936. The van der Waals surface area contributed by atoms with Crippen molar-refractivity contribution in [1.82, 2.24) is 15.2 Å². The fraction of sp³-hybridized carbons (Fsp3) is 0.667. The first kappa shape index (κ1) is 17.2. The predicted molar refractivity (Wildman–Crippen MR) is 94.5 cm³/mol. The fourth-order valence-corrected chi connectivity index (χ4v) is 3.50. The van der Waals surface area contributed by atoms with Gasteiger partial charge in [0.25, 0.3) is 5.91 Å². The lowest BCUT2D eigenvalue weighted by Crippen LogP contribution is -2.43. The first-order valence-electron chi connectivity index (χ1n) is 9.05. The number of pyridine rings is 1. The van der Waals surface area contributed by atoms with Crippen molar-refractivity contribution in [1.29, 1.82) is 0 Å². The third-order valence-corrected chi connectivity index (χ3v) is 4.97. The van der Waals surface area contributed by atoms with Crippen molar-refractivity contribution < 1.29 is 9.53 Å². The Balaban J connectivity index is 1.56. The van der Waals surface area contributed by atoms with Crippen molar-refractivity contribution >= 4 is 11.7 Å². The summed E-state index contributed by atoms with van der Waals surface area (Å²) in [6.07, 6.45) is 5.60. The van der Waals surface area contributed by atoms with Crippen LogP contribution in [-0.2, 0) is 4.74 Å². The predicted octanol–water partition coefficient (Wildman–Crippen LogP) is 1.52. The highest BCUT2D eigenvalue weighted by Crippen LogP contribution is 2.18. The van der Waals surface area contributed by atoms with Crippen LogP contribution in [0.15, 0.2) is 18.3 Å². The number of morpholine rings is 1. The number of ether oxygens (including phenoxy) is 1. The van der Waals surface area contributed by atoms with Crippen molar-refractivity contribution in [2.75, 3.05) is 50.8 Å². The van der Waals surface area contributed by atoms with Gasteiger partial charge in [0.1, 0.15) is 5.82 Å². The van der Waals surface area contributed by atoms with E-state index in [4.69, 9.17) is 4.74 Å². The van der Waals surface area contributed by atoms with E-state index in [1.165, 1.54) is 19.3 Å². The van der Waals surface area contributed by atoms with Gasteiger partial charge in [-0.05, 0) is 38.4 Å². The van der Waals surface area contributed by atoms with Crippen LogP contribution in [0.1, 0.15) is 36.5 Å². The van der Waals surface area contributed by atoms with Crippen LogP contribution < -0.4 is 10.2 Å². The molecule has 2 fully saturated rings. The number of amides is 1. The molecule has 0 saturated carbocycles. The summed E-state index contributed by atoms with van der Waals surface area (Å²) in [4.78, 5) is 21.6. The second-order valence-corrected chi connectivity index (χ2v) is 6.61. The number of hydrogen-bond acceptors (Lipinski definition) is 5. The highest BCUT2D eigenvalue weighted by molar-refractivity contribution is 5.98. The first-order valence-corrected chi connectivity index (χ1v) is 9.05. The number of aromatic nitrogens is 1. The van der Waals surface area contributed by atoms with Crippen molar-refractivity contribution in [3.8, 4) is 0 Å². The maximum atomic E-state index is 12.6. The first-order chi connectivity index (χ1) is 11.8. The molecule has 1 aromatic heterocycles. The van der Waals surface area contributed by atoms with Crippen molar-refractivity contribution in [3.05, 3.63) is 23.9 Å². The average Bonchev–Trinajstić information content (AvgIpc) is 2.64. The third-order valence-electron chi connectivity index (χ3n) is 4.97. The van der Waals surface area contributed by atoms with Gasteiger partial charge in [-0.3, -0.25) is 9.69 Å². The van der Waals surface area contributed by atoms with Gasteiger partial charge >= 0.3 is 0 Å². The van der Waals surface area contributed by atoms with Gasteiger partial charge in [-0.2, -0.15) is 0 Å². The standard InChI is InChI=1S/C18H28N4O2/c1-15-5-2-3-9-21(15)10-8-20-18(23)16-6-4-7-19-17(16)22-11-13-24-14-12-22/h4,6-7,15H,2-3,5,8-14H2,1H3,(H,20,23)/t15-/m1/s1. The Kier molecular flexibility index (Phi) is 6.04. The Hall–Kier alpha value is -1.66. The number of carbonyl (C=O) groups excluding carboxylic acids is 1. The molecule has 6 nitrogen and oxygen atoms in total. The highest BCUT2D eigenvalue weighted by atomic mass is 16.5. The van der Waals surface area contributed by atoms with Crippen molar-refractivity contribution in [2.45, 2.75) is 32.2 Å². The molecule has 0 bridgehead atoms. The van der Waals surface area contributed by atoms with Crippen LogP contribution >= 0.6 is 0 Å². The van der Waals surface area contributed by atoms with E-state index < -0.39 is 0 Å². The van der Waals surface area contributed by atoms with Gasteiger partial charge in [-0.1, -0.05) is 6.42 Å². The number of hydrogen-bond donors (Lipinski definition) is 1. The van der Waals surface area contributed by atoms with Crippen LogP contribution in [-0.4, -0.2) is 67.8 Å². The molecule has 0 spiro atoms. The minimum Gasteiger partial charge on any atom is -0.378 e. The summed E-state index contributed by atoms with van der Waals surface area (Å²) in [5.74, 6) is 0.735. The van der Waals surface area contributed by atoms with E-state index in [0.29, 0.717) is 31.4 Å². The van der Waals surface area contributed by atoms with Crippen LogP contribution in [0, 0.1) is 0 Å². The van der Waals surface area contributed by atoms with Gasteiger partial charge < -0.3 is 15.0 Å². The largest absolute Gasteiger partial charge is 0.378 e. The van der Waals surface area contributed by atoms with Crippen LogP contribution in [0.4, 0.5) is 5.82 Å². The van der Waals surface area contributed by atoms with Gasteiger partial charge in [0.05, 0.1) is 18.8 Å². The van der Waals surface area contributed by atoms with Crippen molar-refractivity contribution in [2.24, 2.45) is 0 Å². The number of anilines is 1. The molecule has 2 aliphatic rings. The monoisotopic (exact) mass is 332 g/mol. The van der Waals surface area contributed by atoms with E-state index in [9.17, 15) is 4.79 Å². The van der Waals surface area contributed by atoms with Gasteiger partial charge in [0.2, 0.25) is 0 Å². The third kappa shape index (κ3) is 4.24. The topological polar surface area (TPSA) is 57.7 Å². The molecule has 1 N–H and O–H groups in total. The van der Waals surface area contributed by atoms with E-state index in [1.807, 2.05) is 12.1 Å². The van der Waals surface area contributed by atoms with Crippen LogP contribution in [0.3, 0.4) is 0 Å². The maximum Gasteiger partial charge on any atom is 0.255 e. The number of piperidine rings is 1. The SMILES string of the molecule is C[C@@H]1CCCCN1CCNC(=O)c1cccnc1N1CCOCC1. The second-order valence-electron chi connectivity index (χ2n) is 6.61. The van der Waals surface area contributed by atoms with Gasteiger partial charge in [-0.15, -0.1) is 0 Å². The van der Waals surface area contributed by atoms with E-state index in [2.05, 4.69) is 27.0 Å². The molecule has 0 aromatic carbocycles. The summed E-state index contributed by atoms with van der Waals surface area (Å²) in [5.41, 5.74) is 0.658. The van der Waals surface area contributed by atoms with E-state index in [-0.39, 0.29) is 5.91 Å². The lowest BCUT2D eigenvalue weighted by Gasteiger charge is -2.33. The number of nitrogens with one attached hydrogen (secondary N) is 1. The smallest absolute Gasteiger partial charge is 0.255 e. The molecular weight excluding hydrogens is 304 g/mol. The fourth-order valence-electron chi connectivity index (χ4n) is 3.50. The Labute approximate surface area is 144 Å². The molecule has 3 heterocycles. The quantitative estimate of drug-likeness (QED) is 0.886. The number of likely N-dealkylation sites (tertiary alicyclic amines) is 1. The Bertz CT molecular complexity index is 546. The molecule has 0 radical (unpaired) electrons. The number of carbonyl (C=O) groups is 1. The summed E-state index contributed by atoms with van der Waals surface area (Å²) in [7, 11) is 0. The molecule has 0 unspecified atom stereocenters. The molecule has 132 valence electrons. The van der Waals surface area contributed by atoms with Crippen LogP contribution in [0.2, 0.25) is 0 Å². The van der Waals surface area contributed by atoms with E-state index in [0.717, 1.165) is 32.0 Å². The van der Waals surface area contributed by atoms with E-state index in [1.54, 1.807) is 6.20 Å². The summed E-state index contributed by atoms with van der Waals surface area (Å²) >= 11 is 0.